The van der Waals surface area contributed by atoms with Crippen LogP contribution in [0.5, 0.6) is 5.75 Å². The van der Waals surface area contributed by atoms with E-state index in [2.05, 4.69) is 15.9 Å². The van der Waals surface area contributed by atoms with E-state index in [9.17, 15) is 4.79 Å². The lowest BCUT2D eigenvalue weighted by Crippen LogP contribution is -2.11. The van der Waals surface area contributed by atoms with Crippen LogP contribution >= 0.6 is 27.5 Å². The van der Waals surface area contributed by atoms with Gasteiger partial charge in [0.25, 0.3) is 0 Å². The van der Waals surface area contributed by atoms with E-state index in [0.29, 0.717) is 11.3 Å². The fourth-order valence-corrected chi connectivity index (χ4v) is 2.46. The van der Waals surface area contributed by atoms with Crippen molar-refractivity contribution >= 4 is 33.3 Å². The van der Waals surface area contributed by atoms with E-state index in [-0.39, 0.29) is 12.4 Å². The zero-order valence-corrected chi connectivity index (χ0v) is 13.4. The molecule has 0 amide bonds. The lowest BCUT2D eigenvalue weighted by Gasteiger charge is -2.08. The maximum atomic E-state index is 12.0. The molecular weight excluding hydrogens is 340 g/mol. The standard InChI is InChI=1S/C16H14BrClO2/c1-2-11-9-14(6-7-15(11)18)20-10-16(19)12-4-3-5-13(17)8-12/h3-9H,2,10H2,1H3. The van der Waals surface area contributed by atoms with Crippen LogP contribution in [0.15, 0.2) is 46.9 Å². The molecule has 0 aromatic heterocycles. The molecule has 0 spiro atoms. The van der Waals surface area contributed by atoms with Gasteiger partial charge in [-0.2, -0.15) is 0 Å². The summed E-state index contributed by atoms with van der Waals surface area (Å²) in [6, 6.07) is 12.7. The third-order valence-corrected chi connectivity index (χ3v) is 3.78. The molecule has 0 saturated carbocycles. The minimum atomic E-state index is -0.0562. The van der Waals surface area contributed by atoms with E-state index in [4.69, 9.17) is 16.3 Å². The predicted molar refractivity (Wildman–Crippen MR) is 84.8 cm³/mol. The first kappa shape index (κ1) is 15.1. The van der Waals surface area contributed by atoms with Gasteiger partial charge in [0.15, 0.2) is 12.4 Å². The fourth-order valence-electron chi connectivity index (χ4n) is 1.81. The van der Waals surface area contributed by atoms with Crippen LogP contribution in [-0.2, 0) is 6.42 Å². The van der Waals surface area contributed by atoms with Crippen molar-refractivity contribution in [3.05, 3.63) is 63.1 Å². The fraction of sp³-hybridized carbons (Fsp3) is 0.188. The molecule has 0 aliphatic carbocycles. The average molecular weight is 354 g/mol. The quantitative estimate of drug-likeness (QED) is 0.713. The summed E-state index contributed by atoms with van der Waals surface area (Å²) in [4.78, 5) is 12.0. The topological polar surface area (TPSA) is 26.3 Å². The highest BCUT2D eigenvalue weighted by molar-refractivity contribution is 9.10. The van der Waals surface area contributed by atoms with Crippen molar-refractivity contribution in [2.75, 3.05) is 6.61 Å². The van der Waals surface area contributed by atoms with Crippen molar-refractivity contribution < 1.29 is 9.53 Å². The van der Waals surface area contributed by atoms with Gasteiger partial charge in [0, 0.05) is 15.1 Å². The summed E-state index contributed by atoms with van der Waals surface area (Å²) in [7, 11) is 0. The van der Waals surface area contributed by atoms with E-state index in [0.717, 1.165) is 21.5 Å². The highest BCUT2D eigenvalue weighted by atomic mass is 79.9. The Morgan fingerprint density at radius 3 is 2.75 bits per heavy atom. The smallest absolute Gasteiger partial charge is 0.200 e. The van der Waals surface area contributed by atoms with Crippen molar-refractivity contribution in [1.82, 2.24) is 0 Å². The number of benzene rings is 2. The van der Waals surface area contributed by atoms with Crippen LogP contribution in [0, 0.1) is 0 Å². The third kappa shape index (κ3) is 3.84. The molecule has 0 unspecified atom stereocenters. The number of carbonyl (C=O) groups is 1. The molecule has 4 heteroatoms. The van der Waals surface area contributed by atoms with Gasteiger partial charge >= 0.3 is 0 Å². The molecule has 0 saturated heterocycles. The van der Waals surface area contributed by atoms with Gasteiger partial charge < -0.3 is 4.74 Å². The summed E-state index contributed by atoms with van der Waals surface area (Å²) in [6.07, 6.45) is 0.829. The Balaban J connectivity index is 2.03. The molecule has 0 fully saturated rings. The van der Waals surface area contributed by atoms with Crippen LogP contribution in [0.4, 0.5) is 0 Å². The lowest BCUT2D eigenvalue weighted by molar-refractivity contribution is 0.0921. The molecule has 0 radical (unpaired) electrons. The Morgan fingerprint density at radius 2 is 2.05 bits per heavy atom. The van der Waals surface area contributed by atoms with Crippen LogP contribution in [-0.4, -0.2) is 12.4 Å². The van der Waals surface area contributed by atoms with Gasteiger partial charge in [-0.3, -0.25) is 4.79 Å². The summed E-state index contributed by atoms with van der Waals surface area (Å²) in [5.74, 6) is 0.605. The first-order chi connectivity index (χ1) is 9.60. The Morgan fingerprint density at radius 1 is 1.25 bits per heavy atom. The molecular formula is C16H14BrClO2. The molecule has 0 aliphatic heterocycles. The van der Waals surface area contributed by atoms with Crippen LogP contribution in [0.1, 0.15) is 22.8 Å². The maximum absolute atomic E-state index is 12.0. The third-order valence-electron chi connectivity index (χ3n) is 2.91. The summed E-state index contributed by atoms with van der Waals surface area (Å²) in [5.41, 5.74) is 1.64. The Hall–Kier alpha value is -1.32. The summed E-state index contributed by atoms with van der Waals surface area (Å²) < 4.78 is 6.41. The molecule has 0 aliphatic rings. The second-order valence-electron chi connectivity index (χ2n) is 4.33. The number of ketones is 1. The van der Waals surface area contributed by atoms with Crippen LogP contribution in [0.2, 0.25) is 5.02 Å². The number of halogens is 2. The Labute approximate surface area is 131 Å². The SMILES string of the molecule is CCc1cc(OCC(=O)c2cccc(Br)c2)ccc1Cl. The van der Waals surface area contributed by atoms with Crippen molar-refractivity contribution in [2.45, 2.75) is 13.3 Å². The van der Waals surface area contributed by atoms with Crippen molar-refractivity contribution in [1.29, 1.82) is 0 Å². The molecule has 0 bridgehead atoms. The minimum absolute atomic E-state index is 0.0151. The average Bonchev–Trinajstić information content (AvgIpc) is 2.46. The molecule has 2 rings (SSSR count). The largest absolute Gasteiger partial charge is 0.485 e. The van der Waals surface area contributed by atoms with Crippen molar-refractivity contribution in [2.24, 2.45) is 0 Å². The van der Waals surface area contributed by atoms with Gasteiger partial charge in [0.05, 0.1) is 0 Å². The zero-order chi connectivity index (χ0) is 14.5. The monoisotopic (exact) mass is 352 g/mol. The number of hydrogen-bond donors (Lipinski definition) is 0. The first-order valence-corrected chi connectivity index (χ1v) is 7.47. The Kier molecular flexibility index (Phi) is 5.21. The van der Waals surface area contributed by atoms with Gasteiger partial charge in [-0.05, 0) is 42.3 Å². The van der Waals surface area contributed by atoms with Gasteiger partial charge in [-0.1, -0.05) is 46.6 Å². The predicted octanol–water partition coefficient (Wildman–Crippen LogP) is 4.93. The normalized spacial score (nSPS) is 10.3. The van der Waals surface area contributed by atoms with E-state index < -0.39 is 0 Å². The molecule has 0 atom stereocenters. The minimum Gasteiger partial charge on any atom is -0.485 e. The van der Waals surface area contributed by atoms with Crippen molar-refractivity contribution in [3.8, 4) is 5.75 Å². The Bertz CT molecular complexity index is 626. The van der Waals surface area contributed by atoms with Crippen LogP contribution in [0.3, 0.4) is 0 Å². The lowest BCUT2D eigenvalue weighted by atomic mass is 10.1. The second kappa shape index (κ2) is 6.91. The number of ether oxygens (including phenoxy) is 1. The summed E-state index contributed by atoms with van der Waals surface area (Å²) >= 11 is 9.39. The molecule has 2 aromatic rings. The number of Topliss-reactive ketones (excluding diaryl/α,β-unsaturated/α-hetero) is 1. The molecule has 0 heterocycles. The number of carbonyl (C=O) groups excluding carboxylic acids is 1. The summed E-state index contributed by atoms with van der Waals surface area (Å²) in [6.45, 7) is 2.04. The highest BCUT2D eigenvalue weighted by Gasteiger charge is 2.08. The van der Waals surface area contributed by atoms with Gasteiger partial charge in [-0.25, -0.2) is 0 Å². The van der Waals surface area contributed by atoms with Gasteiger partial charge in [0.1, 0.15) is 5.75 Å². The van der Waals surface area contributed by atoms with E-state index in [1.54, 1.807) is 24.3 Å². The first-order valence-electron chi connectivity index (χ1n) is 6.30. The molecule has 2 aromatic carbocycles. The molecule has 0 N–H and O–H groups in total. The molecule has 2 nitrogen and oxygen atoms in total. The van der Waals surface area contributed by atoms with Gasteiger partial charge in [-0.15, -0.1) is 0 Å². The van der Waals surface area contributed by atoms with E-state index in [1.807, 2.05) is 25.1 Å². The van der Waals surface area contributed by atoms with E-state index >= 15 is 0 Å². The highest BCUT2D eigenvalue weighted by Crippen LogP contribution is 2.22. The van der Waals surface area contributed by atoms with Crippen molar-refractivity contribution in [3.63, 3.8) is 0 Å². The van der Waals surface area contributed by atoms with Crippen LogP contribution in [0.25, 0.3) is 0 Å². The summed E-state index contributed by atoms with van der Waals surface area (Å²) in [5, 5.41) is 0.721. The maximum Gasteiger partial charge on any atom is 0.200 e. The second-order valence-corrected chi connectivity index (χ2v) is 5.65. The molecule has 20 heavy (non-hydrogen) atoms. The number of aryl methyl sites for hydroxylation is 1. The van der Waals surface area contributed by atoms with Gasteiger partial charge in [0.2, 0.25) is 0 Å². The number of rotatable bonds is 5. The zero-order valence-electron chi connectivity index (χ0n) is 11.0. The number of hydrogen-bond acceptors (Lipinski definition) is 2. The molecule has 104 valence electrons. The van der Waals surface area contributed by atoms with E-state index in [1.165, 1.54) is 0 Å². The van der Waals surface area contributed by atoms with Crippen LogP contribution < -0.4 is 4.74 Å².